The lowest BCUT2D eigenvalue weighted by Crippen LogP contribution is -2.08. The van der Waals surface area contributed by atoms with Crippen LogP contribution in [-0.2, 0) is 11.3 Å². The molecule has 0 spiro atoms. The number of rotatable bonds is 4. The van der Waals surface area contributed by atoms with Gasteiger partial charge in [0, 0.05) is 16.1 Å². The molecule has 0 saturated heterocycles. The molecule has 0 aliphatic carbocycles. The molecule has 0 unspecified atom stereocenters. The van der Waals surface area contributed by atoms with Gasteiger partial charge in [0.2, 0.25) is 0 Å². The highest BCUT2D eigenvalue weighted by molar-refractivity contribution is 6.31. The minimum Gasteiger partial charge on any atom is -0.457 e. The molecule has 0 amide bonds. The predicted octanol–water partition coefficient (Wildman–Crippen LogP) is 4.26. The van der Waals surface area contributed by atoms with E-state index in [1.54, 1.807) is 24.3 Å². The number of nitro benzene ring substituents is 1. The van der Waals surface area contributed by atoms with Crippen molar-refractivity contribution in [1.82, 2.24) is 0 Å². The Labute approximate surface area is 130 Å². The molecule has 2 rings (SSSR count). The monoisotopic (exact) mass is 325 g/mol. The van der Waals surface area contributed by atoms with Crippen LogP contribution in [0.4, 0.5) is 5.69 Å². The first-order valence-corrected chi connectivity index (χ1v) is 6.58. The van der Waals surface area contributed by atoms with Gasteiger partial charge in [-0.1, -0.05) is 35.3 Å². The summed E-state index contributed by atoms with van der Waals surface area (Å²) in [6.07, 6.45) is 0. The van der Waals surface area contributed by atoms with Gasteiger partial charge in [-0.15, -0.1) is 0 Å². The summed E-state index contributed by atoms with van der Waals surface area (Å²) in [6.45, 7) is -0.0142. The van der Waals surface area contributed by atoms with E-state index in [1.807, 2.05) is 0 Å². The molecule has 108 valence electrons. The van der Waals surface area contributed by atoms with Gasteiger partial charge in [0.25, 0.3) is 5.69 Å². The van der Waals surface area contributed by atoms with Gasteiger partial charge in [-0.2, -0.15) is 0 Å². The highest BCUT2D eigenvalue weighted by Crippen LogP contribution is 2.24. The lowest BCUT2D eigenvalue weighted by atomic mass is 10.2. The van der Waals surface area contributed by atoms with Crippen molar-refractivity contribution in [2.45, 2.75) is 6.61 Å². The smallest absolute Gasteiger partial charge is 0.345 e. The second-order valence-electron chi connectivity index (χ2n) is 4.12. The van der Waals surface area contributed by atoms with E-state index in [0.717, 1.165) is 5.56 Å². The van der Waals surface area contributed by atoms with E-state index in [4.69, 9.17) is 27.9 Å². The lowest BCUT2D eigenvalue weighted by Gasteiger charge is -2.06. The van der Waals surface area contributed by atoms with Crippen LogP contribution in [-0.4, -0.2) is 10.9 Å². The van der Waals surface area contributed by atoms with Crippen LogP contribution in [0.15, 0.2) is 42.5 Å². The molecule has 2 aromatic rings. The maximum absolute atomic E-state index is 12.0. The van der Waals surface area contributed by atoms with Crippen molar-refractivity contribution in [1.29, 1.82) is 0 Å². The molecule has 21 heavy (non-hydrogen) atoms. The van der Waals surface area contributed by atoms with E-state index in [-0.39, 0.29) is 22.9 Å². The summed E-state index contributed by atoms with van der Waals surface area (Å²) in [6, 6.07) is 10.4. The van der Waals surface area contributed by atoms with Gasteiger partial charge in [-0.25, -0.2) is 4.79 Å². The van der Waals surface area contributed by atoms with Crippen molar-refractivity contribution in [3.63, 3.8) is 0 Å². The second kappa shape index (κ2) is 6.56. The van der Waals surface area contributed by atoms with Crippen molar-refractivity contribution >= 4 is 34.9 Å². The Bertz CT molecular complexity index is 686. The second-order valence-corrected chi connectivity index (χ2v) is 4.99. The summed E-state index contributed by atoms with van der Waals surface area (Å²) < 4.78 is 5.05. The zero-order chi connectivity index (χ0) is 15.4. The summed E-state index contributed by atoms with van der Waals surface area (Å²) in [5, 5.41) is 11.7. The van der Waals surface area contributed by atoms with Crippen molar-refractivity contribution in [3.05, 3.63) is 73.8 Å². The Morgan fingerprint density at radius 3 is 2.33 bits per heavy atom. The number of nitro groups is 1. The van der Waals surface area contributed by atoms with Gasteiger partial charge in [0.15, 0.2) is 0 Å². The average molecular weight is 326 g/mol. The number of esters is 1. The van der Waals surface area contributed by atoms with Crippen LogP contribution in [0.3, 0.4) is 0 Å². The fourth-order valence-corrected chi connectivity index (χ4v) is 1.94. The molecule has 0 aromatic heterocycles. The fraction of sp³-hybridized carbons (Fsp3) is 0.0714. The highest BCUT2D eigenvalue weighted by Gasteiger charge is 2.21. The van der Waals surface area contributed by atoms with Gasteiger partial charge in [0.1, 0.15) is 12.2 Å². The first-order chi connectivity index (χ1) is 9.97. The highest BCUT2D eigenvalue weighted by atomic mass is 35.5. The summed E-state index contributed by atoms with van der Waals surface area (Å²) in [4.78, 5) is 22.2. The molecule has 0 heterocycles. The van der Waals surface area contributed by atoms with Gasteiger partial charge in [0.05, 0.1) is 4.92 Å². The van der Waals surface area contributed by atoms with Crippen molar-refractivity contribution < 1.29 is 14.5 Å². The Morgan fingerprint density at radius 1 is 1.10 bits per heavy atom. The zero-order valence-corrected chi connectivity index (χ0v) is 12.1. The topological polar surface area (TPSA) is 69.4 Å². The zero-order valence-electron chi connectivity index (χ0n) is 10.6. The minimum atomic E-state index is -0.806. The van der Waals surface area contributed by atoms with Crippen LogP contribution in [0.2, 0.25) is 10.0 Å². The molecule has 0 aliphatic heterocycles. The van der Waals surface area contributed by atoms with Crippen LogP contribution in [0.25, 0.3) is 0 Å². The molecule has 2 aromatic carbocycles. The summed E-state index contributed by atoms with van der Waals surface area (Å²) in [5.74, 6) is -0.806. The maximum Gasteiger partial charge on any atom is 0.345 e. The van der Waals surface area contributed by atoms with E-state index in [9.17, 15) is 14.9 Å². The largest absolute Gasteiger partial charge is 0.457 e. The molecule has 0 aliphatic rings. The molecule has 7 heteroatoms. The number of ether oxygens (including phenoxy) is 1. The third-order valence-corrected chi connectivity index (χ3v) is 3.15. The molecule has 0 atom stereocenters. The Hall–Kier alpha value is -2.11. The van der Waals surface area contributed by atoms with Gasteiger partial charge < -0.3 is 4.74 Å². The predicted molar refractivity (Wildman–Crippen MR) is 78.7 cm³/mol. The van der Waals surface area contributed by atoms with E-state index in [0.29, 0.717) is 5.02 Å². The number of hydrogen-bond donors (Lipinski definition) is 0. The van der Waals surface area contributed by atoms with Gasteiger partial charge >= 0.3 is 5.97 Å². The Kier molecular flexibility index (Phi) is 4.77. The van der Waals surface area contributed by atoms with Crippen molar-refractivity contribution in [3.8, 4) is 0 Å². The van der Waals surface area contributed by atoms with E-state index < -0.39 is 10.9 Å². The molecule has 0 saturated carbocycles. The van der Waals surface area contributed by atoms with Crippen LogP contribution in [0.1, 0.15) is 15.9 Å². The SMILES string of the molecule is O=C(OCc1ccc(Cl)cc1)c1cc(Cl)ccc1[N+](=O)[O-]. The van der Waals surface area contributed by atoms with Crippen molar-refractivity contribution in [2.24, 2.45) is 0 Å². The van der Waals surface area contributed by atoms with Crippen LogP contribution in [0, 0.1) is 10.1 Å². The fourth-order valence-electron chi connectivity index (χ4n) is 1.64. The quantitative estimate of drug-likeness (QED) is 0.478. The van der Waals surface area contributed by atoms with E-state index in [1.165, 1.54) is 18.2 Å². The molecule has 0 radical (unpaired) electrons. The molecule has 0 fully saturated rings. The summed E-state index contributed by atoms with van der Waals surface area (Å²) >= 11 is 11.5. The molecular formula is C14H9Cl2NO4. The number of carbonyl (C=O) groups is 1. The molecule has 5 nitrogen and oxygen atoms in total. The number of carbonyl (C=O) groups excluding carboxylic acids is 1. The summed E-state index contributed by atoms with van der Waals surface area (Å²) in [7, 11) is 0. The summed E-state index contributed by atoms with van der Waals surface area (Å²) in [5.41, 5.74) is 0.194. The first kappa shape index (κ1) is 15.3. The standard InChI is InChI=1S/C14H9Cl2NO4/c15-10-3-1-9(2-4-10)8-21-14(18)12-7-11(16)5-6-13(12)17(19)20/h1-7H,8H2. The van der Waals surface area contributed by atoms with Crippen LogP contribution < -0.4 is 0 Å². The van der Waals surface area contributed by atoms with Crippen LogP contribution >= 0.6 is 23.2 Å². The van der Waals surface area contributed by atoms with E-state index >= 15 is 0 Å². The first-order valence-electron chi connectivity index (χ1n) is 5.83. The Balaban J connectivity index is 2.15. The molecule has 0 bridgehead atoms. The third-order valence-electron chi connectivity index (χ3n) is 2.66. The minimum absolute atomic E-state index is 0.0142. The lowest BCUT2D eigenvalue weighted by molar-refractivity contribution is -0.385. The number of hydrogen-bond acceptors (Lipinski definition) is 4. The molecular weight excluding hydrogens is 317 g/mol. The normalized spacial score (nSPS) is 10.2. The average Bonchev–Trinajstić information content (AvgIpc) is 2.46. The number of benzene rings is 2. The van der Waals surface area contributed by atoms with Crippen molar-refractivity contribution in [2.75, 3.05) is 0 Å². The number of nitrogens with zero attached hydrogens (tertiary/aromatic N) is 1. The van der Waals surface area contributed by atoms with E-state index in [2.05, 4.69) is 0 Å². The Morgan fingerprint density at radius 2 is 1.71 bits per heavy atom. The maximum atomic E-state index is 12.0. The van der Waals surface area contributed by atoms with Gasteiger partial charge in [-0.3, -0.25) is 10.1 Å². The van der Waals surface area contributed by atoms with Gasteiger partial charge in [-0.05, 0) is 29.8 Å². The van der Waals surface area contributed by atoms with Crippen LogP contribution in [0.5, 0.6) is 0 Å². The number of halogens is 2. The molecule has 0 N–H and O–H groups in total. The third kappa shape index (κ3) is 3.93.